The van der Waals surface area contributed by atoms with Crippen LogP contribution in [0.25, 0.3) is 0 Å². The minimum atomic E-state index is -0.0195. The Kier molecular flexibility index (Phi) is 3.82. The third-order valence-corrected chi connectivity index (χ3v) is 3.74. The summed E-state index contributed by atoms with van der Waals surface area (Å²) in [5, 5.41) is 3.55. The van der Waals surface area contributed by atoms with Crippen molar-refractivity contribution in [2.24, 2.45) is 0 Å². The van der Waals surface area contributed by atoms with Gasteiger partial charge in [0.05, 0.1) is 0 Å². The van der Waals surface area contributed by atoms with E-state index in [-0.39, 0.29) is 5.82 Å². The highest BCUT2D eigenvalue weighted by molar-refractivity contribution is 5.43. The Hall–Kier alpha value is -0.890. The molecule has 1 atom stereocenters. The van der Waals surface area contributed by atoms with Crippen molar-refractivity contribution in [1.82, 2.24) is 5.32 Å². The molecule has 2 heteroatoms. The molecule has 0 heterocycles. The van der Waals surface area contributed by atoms with E-state index in [9.17, 15) is 4.39 Å². The number of hydrogen-bond acceptors (Lipinski definition) is 1. The van der Waals surface area contributed by atoms with Crippen molar-refractivity contribution >= 4 is 0 Å². The standard InChI is InChI=1S/C15H22FN/c1-4-8-17-13-7-5-6-12-9-10(2)15(16)11(3)14(12)13/h9,13,17H,4-8H2,1-3H3. The highest BCUT2D eigenvalue weighted by Gasteiger charge is 2.23. The maximum atomic E-state index is 14.0. The van der Waals surface area contributed by atoms with Gasteiger partial charge in [-0.3, -0.25) is 0 Å². The van der Waals surface area contributed by atoms with Gasteiger partial charge in [-0.25, -0.2) is 4.39 Å². The Balaban J connectivity index is 2.39. The van der Waals surface area contributed by atoms with Crippen molar-refractivity contribution in [2.45, 2.75) is 52.5 Å². The second-order valence-electron chi connectivity index (χ2n) is 5.10. The molecule has 0 fully saturated rings. The topological polar surface area (TPSA) is 12.0 Å². The van der Waals surface area contributed by atoms with E-state index in [1.165, 1.54) is 17.5 Å². The molecule has 0 radical (unpaired) electrons. The van der Waals surface area contributed by atoms with Crippen LogP contribution in [0.15, 0.2) is 6.07 Å². The van der Waals surface area contributed by atoms with Crippen LogP contribution < -0.4 is 5.32 Å². The third-order valence-electron chi connectivity index (χ3n) is 3.74. The molecule has 1 aromatic rings. The maximum Gasteiger partial charge on any atom is 0.129 e. The summed E-state index contributed by atoms with van der Waals surface area (Å²) < 4.78 is 14.0. The molecule has 1 N–H and O–H groups in total. The molecule has 94 valence electrons. The molecule has 1 aliphatic carbocycles. The van der Waals surface area contributed by atoms with Crippen LogP contribution >= 0.6 is 0 Å². The first kappa shape index (κ1) is 12.6. The molecule has 2 rings (SSSR count). The highest BCUT2D eigenvalue weighted by Crippen LogP contribution is 2.34. The van der Waals surface area contributed by atoms with Crippen LogP contribution in [0, 0.1) is 19.7 Å². The zero-order valence-corrected chi connectivity index (χ0v) is 11.1. The van der Waals surface area contributed by atoms with E-state index in [1.54, 1.807) is 0 Å². The van der Waals surface area contributed by atoms with Gasteiger partial charge in [0.1, 0.15) is 5.82 Å². The van der Waals surface area contributed by atoms with Gasteiger partial charge in [-0.2, -0.15) is 0 Å². The van der Waals surface area contributed by atoms with Crippen molar-refractivity contribution < 1.29 is 4.39 Å². The number of benzene rings is 1. The summed E-state index contributed by atoms with van der Waals surface area (Å²) in [6.45, 7) is 6.97. The first-order valence-electron chi connectivity index (χ1n) is 6.67. The normalized spacial score (nSPS) is 19.2. The summed E-state index contributed by atoms with van der Waals surface area (Å²) in [6, 6.07) is 2.39. The van der Waals surface area contributed by atoms with E-state index in [1.807, 2.05) is 19.9 Å². The van der Waals surface area contributed by atoms with E-state index in [4.69, 9.17) is 0 Å². The Morgan fingerprint density at radius 1 is 1.41 bits per heavy atom. The molecule has 0 spiro atoms. The van der Waals surface area contributed by atoms with Crippen LogP contribution in [0.4, 0.5) is 4.39 Å². The number of aryl methyl sites for hydroxylation is 2. The number of halogens is 1. The van der Waals surface area contributed by atoms with E-state index < -0.39 is 0 Å². The molecule has 1 aromatic carbocycles. The monoisotopic (exact) mass is 235 g/mol. The van der Waals surface area contributed by atoms with E-state index in [0.29, 0.717) is 6.04 Å². The largest absolute Gasteiger partial charge is 0.310 e. The van der Waals surface area contributed by atoms with Crippen LogP contribution in [-0.4, -0.2) is 6.54 Å². The zero-order valence-electron chi connectivity index (χ0n) is 11.1. The molecule has 17 heavy (non-hydrogen) atoms. The minimum Gasteiger partial charge on any atom is -0.310 e. The molecule has 1 unspecified atom stereocenters. The van der Waals surface area contributed by atoms with Crippen molar-refractivity contribution in [3.8, 4) is 0 Å². The van der Waals surface area contributed by atoms with Gasteiger partial charge in [0.15, 0.2) is 0 Å². The van der Waals surface area contributed by atoms with Crippen LogP contribution in [0.2, 0.25) is 0 Å². The van der Waals surface area contributed by atoms with Gasteiger partial charge in [-0.1, -0.05) is 13.0 Å². The van der Waals surface area contributed by atoms with Gasteiger partial charge in [-0.15, -0.1) is 0 Å². The molecule has 0 saturated heterocycles. The van der Waals surface area contributed by atoms with Crippen LogP contribution in [0.3, 0.4) is 0 Å². The van der Waals surface area contributed by atoms with Gasteiger partial charge in [0.2, 0.25) is 0 Å². The molecule has 1 nitrogen and oxygen atoms in total. The molecular weight excluding hydrogens is 213 g/mol. The number of hydrogen-bond donors (Lipinski definition) is 1. The Bertz CT molecular complexity index is 412. The fourth-order valence-corrected chi connectivity index (χ4v) is 2.91. The Morgan fingerprint density at radius 2 is 2.18 bits per heavy atom. The van der Waals surface area contributed by atoms with Crippen molar-refractivity contribution in [1.29, 1.82) is 0 Å². The van der Waals surface area contributed by atoms with Gasteiger partial charge in [0.25, 0.3) is 0 Å². The summed E-state index contributed by atoms with van der Waals surface area (Å²) >= 11 is 0. The fourth-order valence-electron chi connectivity index (χ4n) is 2.91. The van der Waals surface area contributed by atoms with E-state index in [0.717, 1.165) is 36.9 Å². The summed E-state index contributed by atoms with van der Waals surface area (Å²) in [4.78, 5) is 0. The lowest BCUT2D eigenvalue weighted by molar-refractivity contribution is 0.453. The molecular formula is C15H22FN. The van der Waals surface area contributed by atoms with Crippen molar-refractivity contribution in [2.75, 3.05) is 6.54 Å². The first-order valence-corrected chi connectivity index (χ1v) is 6.67. The molecule has 0 aromatic heterocycles. The second-order valence-corrected chi connectivity index (χ2v) is 5.10. The lowest BCUT2D eigenvalue weighted by Crippen LogP contribution is -2.27. The van der Waals surface area contributed by atoms with Crippen molar-refractivity contribution in [3.63, 3.8) is 0 Å². The molecule has 1 aliphatic rings. The number of nitrogens with one attached hydrogen (secondary N) is 1. The average Bonchev–Trinajstić information content (AvgIpc) is 2.33. The molecule has 0 bridgehead atoms. The van der Waals surface area contributed by atoms with Gasteiger partial charge in [0, 0.05) is 6.04 Å². The summed E-state index contributed by atoms with van der Waals surface area (Å²) in [7, 11) is 0. The summed E-state index contributed by atoms with van der Waals surface area (Å²) in [5.41, 5.74) is 4.22. The minimum absolute atomic E-state index is 0.0195. The number of fused-ring (bicyclic) bond motifs is 1. The van der Waals surface area contributed by atoms with Crippen LogP contribution in [-0.2, 0) is 6.42 Å². The van der Waals surface area contributed by atoms with E-state index in [2.05, 4.69) is 12.2 Å². The number of rotatable bonds is 3. The molecule has 0 amide bonds. The summed E-state index contributed by atoms with van der Waals surface area (Å²) in [6.07, 6.45) is 4.57. The second kappa shape index (κ2) is 5.18. The quantitative estimate of drug-likeness (QED) is 0.839. The first-order chi connectivity index (χ1) is 8.15. The maximum absolute atomic E-state index is 14.0. The predicted octanol–water partition coefficient (Wildman–Crippen LogP) is 3.82. The lowest BCUT2D eigenvalue weighted by Gasteiger charge is -2.29. The van der Waals surface area contributed by atoms with Gasteiger partial charge in [-0.05, 0) is 68.3 Å². The lowest BCUT2D eigenvalue weighted by atomic mass is 9.83. The molecule has 0 aliphatic heterocycles. The predicted molar refractivity (Wildman–Crippen MR) is 69.8 cm³/mol. The third kappa shape index (κ3) is 2.37. The van der Waals surface area contributed by atoms with Gasteiger partial charge < -0.3 is 5.32 Å². The SMILES string of the molecule is CCCNC1CCCc2cc(C)c(F)c(C)c21. The van der Waals surface area contributed by atoms with Crippen LogP contribution in [0.5, 0.6) is 0 Å². The summed E-state index contributed by atoms with van der Waals surface area (Å²) in [5.74, 6) is -0.0195. The Morgan fingerprint density at radius 3 is 2.88 bits per heavy atom. The molecule has 0 saturated carbocycles. The van der Waals surface area contributed by atoms with Crippen molar-refractivity contribution in [3.05, 3.63) is 34.1 Å². The van der Waals surface area contributed by atoms with E-state index >= 15 is 0 Å². The van der Waals surface area contributed by atoms with Crippen LogP contribution in [0.1, 0.15) is 54.5 Å². The zero-order chi connectivity index (χ0) is 12.4. The fraction of sp³-hybridized carbons (Fsp3) is 0.600. The highest BCUT2D eigenvalue weighted by atomic mass is 19.1. The van der Waals surface area contributed by atoms with Gasteiger partial charge >= 0.3 is 0 Å². The average molecular weight is 235 g/mol. The smallest absolute Gasteiger partial charge is 0.129 e. The Labute approximate surface area is 103 Å².